The molecule has 1 aromatic rings. The van der Waals surface area contributed by atoms with Gasteiger partial charge in [0.05, 0.1) is 6.61 Å². The predicted octanol–water partition coefficient (Wildman–Crippen LogP) is 2.73. The number of aliphatic hydroxyl groups is 1. The van der Waals surface area contributed by atoms with Crippen LogP contribution in [0.1, 0.15) is 30.1 Å². The van der Waals surface area contributed by atoms with Crippen LogP contribution in [0.15, 0.2) is 28.7 Å². The fourth-order valence-electron chi connectivity index (χ4n) is 1.83. The quantitative estimate of drug-likeness (QED) is 0.750. The summed E-state index contributed by atoms with van der Waals surface area (Å²) >= 11 is 3.35. The van der Waals surface area contributed by atoms with Gasteiger partial charge in [0.1, 0.15) is 0 Å². The van der Waals surface area contributed by atoms with E-state index in [1.54, 1.807) is 0 Å². The van der Waals surface area contributed by atoms with Gasteiger partial charge in [-0.2, -0.15) is 0 Å². The van der Waals surface area contributed by atoms with Crippen LogP contribution in [0.25, 0.3) is 0 Å². The van der Waals surface area contributed by atoms with Crippen molar-refractivity contribution < 1.29 is 9.90 Å². The van der Waals surface area contributed by atoms with Crippen LogP contribution in [0.4, 0.5) is 0 Å². The van der Waals surface area contributed by atoms with Gasteiger partial charge in [0.2, 0.25) is 0 Å². The van der Waals surface area contributed by atoms with E-state index in [1.165, 1.54) is 0 Å². The van der Waals surface area contributed by atoms with Gasteiger partial charge in [-0.1, -0.05) is 35.0 Å². The molecule has 0 bridgehead atoms. The summed E-state index contributed by atoms with van der Waals surface area (Å²) in [4.78, 5) is 14.1. The van der Waals surface area contributed by atoms with Gasteiger partial charge >= 0.3 is 0 Å². The van der Waals surface area contributed by atoms with E-state index in [0.29, 0.717) is 19.5 Å². The highest BCUT2D eigenvalue weighted by Gasteiger charge is 2.09. The number of halogens is 1. The van der Waals surface area contributed by atoms with Crippen LogP contribution in [-0.4, -0.2) is 42.0 Å². The molecule has 0 aromatic heterocycles. The molecule has 3 nitrogen and oxygen atoms in total. The Morgan fingerprint density at radius 1 is 1.22 bits per heavy atom. The number of hydrogen-bond acceptors (Lipinski definition) is 3. The van der Waals surface area contributed by atoms with Crippen LogP contribution in [0.2, 0.25) is 0 Å². The average Bonchev–Trinajstić information content (AvgIpc) is 2.37. The zero-order valence-electron chi connectivity index (χ0n) is 10.7. The van der Waals surface area contributed by atoms with Crippen molar-refractivity contribution in [3.63, 3.8) is 0 Å². The van der Waals surface area contributed by atoms with Gasteiger partial charge in [0.25, 0.3) is 0 Å². The highest BCUT2D eigenvalue weighted by molar-refractivity contribution is 9.10. The molecule has 4 heteroatoms. The fraction of sp³-hybridized carbons (Fsp3) is 0.500. The molecule has 0 unspecified atom stereocenters. The number of carbonyl (C=O) groups is 1. The molecule has 0 aliphatic rings. The molecule has 0 amide bonds. The largest absolute Gasteiger partial charge is 0.395 e. The molecule has 0 aliphatic carbocycles. The molecule has 0 heterocycles. The van der Waals surface area contributed by atoms with Gasteiger partial charge in [0, 0.05) is 29.5 Å². The van der Waals surface area contributed by atoms with Gasteiger partial charge in [-0.25, -0.2) is 0 Å². The van der Waals surface area contributed by atoms with Crippen molar-refractivity contribution in [3.8, 4) is 0 Å². The molecule has 0 saturated heterocycles. The molecule has 100 valence electrons. The Labute approximate surface area is 117 Å². The number of ketones is 1. The molecule has 18 heavy (non-hydrogen) atoms. The average molecular weight is 314 g/mol. The van der Waals surface area contributed by atoms with E-state index in [9.17, 15) is 4.79 Å². The first-order valence-corrected chi connectivity index (χ1v) is 7.08. The van der Waals surface area contributed by atoms with E-state index in [0.717, 1.165) is 23.0 Å². The topological polar surface area (TPSA) is 40.5 Å². The molecule has 0 fully saturated rings. The number of hydrogen-bond donors (Lipinski definition) is 1. The van der Waals surface area contributed by atoms with Crippen molar-refractivity contribution in [1.82, 2.24) is 4.90 Å². The van der Waals surface area contributed by atoms with Crippen molar-refractivity contribution in [2.45, 2.75) is 19.8 Å². The van der Waals surface area contributed by atoms with E-state index >= 15 is 0 Å². The van der Waals surface area contributed by atoms with Crippen molar-refractivity contribution in [2.24, 2.45) is 0 Å². The van der Waals surface area contributed by atoms with Crippen molar-refractivity contribution in [1.29, 1.82) is 0 Å². The molecule has 0 aliphatic heterocycles. The van der Waals surface area contributed by atoms with Crippen LogP contribution < -0.4 is 0 Å². The van der Waals surface area contributed by atoms with Crippen LogP contribution in [0.5, 0.6) is 0 Å². The van der Waals surface area contributed by atoms with Crippen LogP contribution >= 0.6 is 15.9 Å². The number of nitrogens with zero attached hydrogens (tertiary/aromatic N) is 1. The predicted molar refractivity (Wildman–Crippen MR) is 76.9 cm³/mol. The lowest BCUT2D eigenvalue weighted by atomic mass is 10.1. The minimum absolute atomic E-state index is 0.145. The van der Waals surface area contributed by atoms with Crippen molar-refractivity contribution >= 4 is 21.7 Å². The number of rotatable bonds is 8. The summed E-state index contributed by atoms with van der Waals surface area (Å²) in [6, 6.07) is 7.43. The van der Waals surface area contributed by atoms with Gasteiger partial charge in [-0.3, -0.25) is 4.79 Å². The SMILES string of the molecule is CCCN(CCO)CCC(=O)c1ccc(Br)cc1. The first-order valence-electron chi connectivity index (χ1n) is 6.29. The lowest BCUT2D eigenvalue weighted by Crippen LogP contribution is -2.30. The second-order valence-corrected chi connectivity index (χ2v) is 5.16. The standard InChI is InChI=1S/C14H20BrNO2/c1-2-8-16(10-11-17)9-7-14(18)12-3-5-13(15)6-4-12/h3-6,17H,2,7-11H2,1H3. The molecular weight excluding hydrogens is 294 g/mol. The molecule has 0 radical (unpaired) electrons. The van der Waals surface area contributed by atoms with Gasteiger partial charge in [-0.05, 0) is 25.1 Å². The molecule has 0 atom stereocenters. The van der Waals surface area contributed by atoms with Crippen molar-refractivity contribution in [3.05, 3.63) is 34.3 Å². The number of aliphatic hydroxyl groups excluding tert-OH is 1. The Balaban J connectivity index is 2.46. The Morgan fingerprint density at radius 2 is 1.89 bits per heavy atom. The Kier molecular flexibility index (Phi) is 7.16. The molecule has 0 saturated carbocycles. The Bertz CT molecular complexity index is 359. The summed E-state index contributed by atoms with van der Waals surface area (Å²) in [6.45, 7) is 4.52. The minimum atomic E-state index is 0.145. The third kappa shape index (κ3) is 5.29. The Hall–Kier alpha value is -0.710. The minimum Gasteiger partial charge on any atom is -0.395 e. The fourth-order valence-corrected chi connectivity index (χ4v) is 2.10. The Morgan fingerprint density at radius 3 is 2.44 bits per heavy atom. The number of benzene rings is 1. The highest BCUT2D eigenvalue weighted by Crippen LogP contribution is 2.12. The van der Waals surface area contributed by atoms with Gasteiger partial charge < -0.3 is 10.0 Å². The summed E-state index contributed by atoms with van der Waals surface area (Å²) in [5.41, 5.74) is 0.749. The molecular formula is C14H20BrNO2. The normalized spacial score (nSPS) is 10.9. The van der Waals surface area contributed by atoms with E-state index in [-0.39, 0.29) is 12.4 Å². The second kappa shape index (κ2) is 8.40. The van der Waals surface area contributed by atoms with E-state index in [1.807, 2.05) is 24.3 Å². The van der Waals surface area contributed by atoms with E-state index in [4.69, 9.17) is 5.11 Å². The van der Waals surface area contributed by atoms with Crippen LogP contribution in [-0.2, 0) is 0 Å². The monoisotopic (exact) mass is 313 g/mol. The summed E-state index contributed by atoms with van der Waals surface area (Å²) in [5, 5.41) is 8.94. The maximum atomic E-state index is 12.0. The van der Waals surface area contributed by atoms with Crippen LogP contribution in [0, 0.1) is 0 Å². The molecule has 1 N–H and O–H groups in total. The molecule has 1 rings (SSSR count). The second-order valence-electron chi connectivity index (χ2n) is 4.25. The zero-order chi connectivity index (χ0) is 13.4. The maximum absolute atomic E-state index is 12.0. The summed E-state index contributed by atoms with van der Waals surface area (Å²) < 4.78 is 0.979. The molecule has 1 aromatic carbocycles. The third-order valence-electron chi connectivity index (χ3n) is 2.78. The lowest BCUT2D eigenvalue weighted by Gasteiger charge is -2.19. The van der Waals surface area contributed by atoms with E-state index < -0.39 is 0 Å². The first-order chi connectivity index (χ1) is 8.67. The molecule has 0 spiro atoms. The van der Waals surface area contributed by atoms with Gasteiger partial charge in [-0.15, -0.1) is 0 Å². The summed E-state index contributed by atoms with van der Waals surface area (Å²) in [7, 11) is 0. The summed E-state index contributed by atoms with van der Waals surface area (Å²) in [6.07, 6.45) is 1.54. The number of carbonyl (C=O) groups excluding carboxylic acids is 1. The maximum Gasteiger partial charge on any atom is 0.164 e. The van der Waals surface area contributed by atoms with E-state index in [2.05, 4.69) is 27.8 Å². The van der Waals surface area contributed by atoms with Gasteiger partial charge in [0.15, 0.2) is 5.78 Å². The van der Waals surface area contributed by atoms with Crippen molar-refractivity contribution in [2.75, 3.05) is 26.2 Å². The lowest BCUT2D eigenvalue weighted by molar-refractivity contribution is 0.0957. The third-order valence-corrected chi connectivity index (χ3v) is 3.31. The number of Topliss-reactive ketones (excluding diaryl/α,β-unsaturated/α-hetero) is 1. The highest BCUT2D eigenvalue weighted by atomic mass is 79.9. The van der Waals surface area contributed by atoms with Crippen LogP contribution in [0.3, 0.4) is 0 Å². The first kappa shape index (κ1) is 15.3. The summed E-state index contributed by atoms with van der Waals surface area (Å²) in [5.74, 6) is 0.154. The smallest absolute Gasteiger partial charge is 0.164 e. The zero-order valence-corrected chi connectivity index (χ0v) is 12.3.